The van der Waals surface area contributed by atoms with E-state index in [2.05, 4.69) is 5.10 Å². The predicted octanol–water partition coefficient (Wildman–Crippen LogP) is 2.34. The van der Waals surface area contributed by atoms with Crippen LogP contribution in [0, 0.1) is 6.92 Å². The molecule has 84 valence electrons. The van der Waals surface area contributed by atoms with E-state index in [4.69, 9.17) is 11.6 Å². The quantitative estimate of drug-likeness (QED) is 0.800. The zero-order valence-electron chi connectivity index (χ0n) is 9.21. The summed E-state index contributed by atoms with van der Waals surface area (Å²) in [7, 11) is 0. The average Bonchev–Trinajstić information content (AvgIpc) is 2.46. The first-order chi connectivity index (χ1) is 7.10. The number of thioether (sulfide) groups is 1. The van der Waals surface area contributed by atoms with Crippen molar-refractivity contribution in [3.63, 3.8) is 0 Å². The summed E-state index contributed by atoms with van der Waals surface area (Å²) < 4.78 is 1.80. The Morgan fingerprint density at radius 1 is 1.60 bits per heavy atom. The minimum Gasteiger partial charge on any atom is -0.298 e. The molecule has 1 rings (SSSR count). The third kappa shape index (κ3) is 2.98. The molecule has 0 saturated heterocycles. The Labute approximate surface area is 99.2 Å². The molecule has 0 unspecified atom stereocenters. The second-order valence-corrected chi connectivity index (χ2v) is 4.55. The molecular weight excluding hydrogens is 232 g/mol. The molecule has 0 radical (unpaired) electrons. The number of ketones is 1. The molecule has 0 bridgehead atoms. The Morgan fingerprint density at radius 2 is 2.27 bits per heavy atom. The summed E-state index contributed by atoms with van der Waals surface area (Å²) in [5.41, 5.74) is 1.64. The van der Waals surface area contributed by atoms with Crippen LogP contribution in [0.15, 0.2) is 0 Å². The highest BCUT2D eigenvalue weighted by molar-refractivity contribution is 7.99. The molecule has 15 heavy (non-hydrogen) atoms. The van der Waals surface area contributed by atoms with Crippen LogP contribution in [0.4, 0.5) is 0 Å². The minimum atomic E-state index is 0.194. The number of carbonyl (C=O) groups is 1. The molecule has 1 heterocycles. The lowest BCUT2D eigenvalue weighted by atomic mass is 10.2. The van der Waals surface area contributed by atoms with E-state index in [1.165, 1.54) is 11.8 Å². The molecule has 0 fully saturated rings. The van der Waals surface area contributed by atoms with Crippen LogP contribution in [0.2, 0.25) is 5.02 Å². The lowest BCUT2D eigenvalue weighted by Crippen LogP contribution is -2.11. The van der Waals surface area contributed by atoms with E-state index >= 15 is 0 Å². The number of aryl methyl sites for hydroxylation is 2. The second kappa shape index (κ2) is 5.56. The summed E-state index contributed by atoms with van der Waals surface area (Å²) in [5.74, 6) is 0.726. The molecule has 0 amide bonds. The zero-order valence-corrected chi connectivity index (χ0v) is 10.8. The smallest absolute Gasteiger partial charge is 0.148 e. The van der Waals surface area contributed by atoms with E-state index in [1.807, 2.05) is 20.1 Å². The lowest BCUT2D eigenvalue weighted by molar-refractivity contribution is -0.116. The normalized spacial score (nSPS) is 10.7. The van der Waals surface area contributed by atoms with Gasteiger partial charge in [0, 0.05) is 6.54 Å². The van der Waals surface area contributed by atoms with Crippen LogP contribution < -0.4 is 0 Å². The third-order valence-corrected chi connectivity index (χ3v) is 3.23. The maximum Gasteiger partial charge on any atom is 0.148 e. The van der Waals surface area contributed by atoms with E-state index in [-0.39, 0.29) is 5.78 Å². The van der Waals surface area contributed by atoms with Gasteiger partial charge in [0.25, 0.3) is 0 Å². The number of aromatic nitrogens is 2. The van der Waals surface area contributed by atoms with Crippen LogP contribution in [0.1, 0.15) is 18.3 Å². The molecule has 0 aliphatic carbocycles. The molecule has 0 N–H and O–H groups in total. The molecule has 0 aliphatic heterocycles. The average molecular weight is 247 g/mol. The second-order valence-electron chi connectivity index (χ2n) is 3.31. The number of carbonyl (C=O) groups excluding carboxylic acids is 1. The van der Waals surface area contributed by atoms with Gasteiger partial charge in [-0.05, 0) is 20.1 Å². The first kappa shape index (κ1) is 12.6. The Hall–Kier alpha value is -0.480. The van der Waals surface area contributed by atoms with E-state index in [0.717, 1.165) is 17.9 Å². The van der Waals surface area contributed by atoms with Gasteiger partial charge in [-0.3, -0.25) is 9.48 Å². The molecule has 0 aromatic carbocycles. The van der Waals surface area contributed by atoms with Gasteiger partial charge < -0.3 is 0 Å². The summed E-state index contributed by atoms with van der Waals surface area (Å²) in [6, 6.07) is 0. The fraction of sp³-hybridized carbons (Fsp3) is 0.600. The van der Waals surface area contributed by atoms with Crippen LogP contribution in [0.3, 0.4) is 0 Å². The van der Waals surface area contributed by atoms with Crippen molar-refractivity contribution in [1.82, 2.24) is 9.78 Å². The topological polar surface area (TPSA) is 34.9 Å². The predicted molar refractivity (Wildman–Crippen MR) is 64.7 cm³/mol. The fourth-order valence-corrected chi connectivity index (χ4v) is 2.06. The van der Waals surface area contributed by atoms with Gasteiger partial charge in [-0.1, -0.05) is 11.6 Å². The van der Waals surface area contributed by atoms with Gasteiger partial charge in [-0.2, -0.15) is 16.9 Å². The Bertz CT molecular complexity index is 363. The number of Topliss-reactive ketones (excluding diaryl/α,β-unsaturated/α-hetero) is 1. The van der Waals surface area contributed by atoms with E-state index < -0.39 is 0 Å². The van der Waals surface area contributed by atoms with Crippen molar-refractivity contribution < 1.29 is 4.79 Å². The van der Waals surface area contributed by atoms with Crippen LogP contribution in [0.5, 0.6) is 0 Å². The van der Waals surface area contributed by atoms with Crippen molar-refractivity contribution in [2.45, 2.75) is 26.8 Å². The van der Waals surface area contributed by atoms with Crippen molar-refractivity contribution in [2.75, 3.05) is 12.0 Å². The standard InChI is InChI=1S/C10H15ClN2OS/c1-4-13-9(5-8(14)6-15-3)10(11)7(2)12-13/h4-6H2,1-3H3. The number of nitrogens with zero attached hydrogens (tertiary/aromatic N) is 2. The number of halogens is 1. The lowest BCUT2D eigenvalue weighted by Gasteiger charge is -2.03. The molecule has 3 nitrogen and oxygen atoms in total. The van der Waals surface area contributed by atoms with Crippen molar-refractivity contribution in [1.29, 1.82) is 0 Å². The summed E-state index contributed by atoms with van der Waals surface area (Å²) in [5, 5.41) is 4.90. The number of hydrogen-bond acceptors (Lipinski definition) is 3. The van der Waals surface area contributed by atoms with Crippen molar-refractivity contribution >= 4 is 29.1 Å². The summed E-state index contributed by atoms with van der Waals surface area (Å²) in [6.07, 6.45) is 2.30. The largest absolute Gasteiger partial charge is 0.298 e. The zero-order chi connectivity index (χ0) is 11.4. The molecule has 0 spiro atoms. The van der Waals surface area contributed by atoms with Crippen LogP contribution >= 0.6 is 23.4 Å². The monoisotopic (exact) mass is 246 g/mol. The highest BCUT2D eigenvalue weighted by Crippen LogP contribution is 2.21. The maximum absolute atomic E-state index is 11.5. The molecule has 1 aromatic rings. The van der Waals surface area contributed by atoms with Gasteiger partial charge in [-0.25, -0.2) is 0 Å². The molecular formula is C10H15ClN2OS. The highest BCUT2D eigenvalue weighted by atomic mass is 35.5. The molecule has 0 saturated carbocycles. The van der Waals surface area contributed by atoms with E-state index in [0.29, 0.717) is 17.2 Å². The summed E-state index contributed by atoms with van der Waals surface area (Å²) in [4.78, 5) is 11.5. The molecule has 5 heteroatoms. The Balaban J connectivity index is 2.87. The summed E-state index contributed by atoms with van der Waals surface area (Å²) >= 11 is 7.63. The van der Waals surface area contributed by atoms with Gasteiger partial charge >= 0.3 is 0 Å². The Morgan fingerprint density at radius 3 is 2.80 bits per heavy atom. The maximum atomic E-state index is 11.5. The Kier molecular flexibility index (Phi) is 4.67. The summed E-state index contributed by atoms with van der Waals surface area (Å²) in [6.45, 7) is 4.60. The minimum absolute atomic E-state index is 0.194. The van der Waals surface area contributed by atoms with Gasteiger partial charge in [-0.15, -0.1) is 0 Å². The van der Waals surface area contributed by atoms with Crippen molar-refractivity contribution in [3.8, 4) is 0 Å². The fourth-order valence-electron chi connectivity index (χ4n) is 1.44. The van der Waals surface area contributed by atoms with Gasteiger partial charge in [0.1, 0.15) is 5.78 Å². The SMILES string of the molecule is CCn1nc(C)c(Cl)c1CC(=O)CSC. The van der Waals surface area contributed by atoms with Crippen molar-refractivity contribution in [3.05, 3.63) is 16.4 Å². The first-order valence-corrected chi connectivity index (χ1v) is 6.59. The molecule has 1 aromatic heterocycles. The number of hydrogen-bond donors (Lipinski definition) is 0. The highest BCUT2D eigenvalue weighted by Gasteiger charge is 2.15. The van der Waals surface area contributed by atoms with Gasteiger partial charge in [0.15, 0.2) is 0 Å². The van der Waals surface area contributed by atoms with Crippen LogP contribution in [0.25, 0.3) is 0 Å². The van der Waals surface area contributed by atoms with Crippen molar-refractivity contribution in [2.24, 2.45) is 0 Å². The molecule has 0 atom stereocenters. The van der Waals surface area contributed by atoms with Gasteiger partial charge in [0.2, 0.25) is 0 Å². The van der Waals surface area contributed by atoms with Crippen LogP contribution in [-0.2, 0) is 17.8 Å². The van der Waals surface area contributed by atoms with Crippen LogP contribution in [-0.4, -0.2) is 27.6 Å². The van der Waals surface area contributed by atoms with E-state index in [1.54, 1.807) is 4.68 Å². The molecule has 0 aliphatic rings. The first-order valence-electron chi connectivity index (χ1n) is 4.82. The number of rotatable bonds is 5. The third-order valence-electron chi connectivity index (χ3n) is 2.12. The van der Waals surface area contributed by atoms with Gasteiger partial charge in [0.05, 0.1) is 28.6 Å². The van der Waals surface area contributed by atoms with E-state index in [9.17, 15) is 4.79 Å².